The molecule has 1 amide bonds. The van der Waals surface area contributed by atoms with Gasteiger partial charge in [0.15, 0.2) is 0 Å². The molecule has 16 heavy (non-hydrogen) atoms. The first-order valence-corrected chi connectivity index (χ1v) is 5.89. The van der Waals surface area contributed by atoms with Crippen molar-refractivity contribution >= 4 is 23.2 Å². The zero-order valence-corrected chi connectivity index (χ0v) is 9.80. The molecule has 0 bridgehead atoms. The van der Waals surface area contributed by atoms with Crippen molar-refractivity contribution in [1.82, 2.24) is 10.3 Å². The molecule has 0 spiro atoms. The number of aliphatic carboxylic acids is 1. The fourth-order valence-electron chi connectivity index (χ4n) is 1.12. The van der Waals surface area contributed by atoms with Gasteiger partial charge in [-0.15, -0.1) is 11.3 Å². The Morgan fingerprint density at radius 1 is 1.50 bits per heavy atom. The maximum absolute atomic E-state index is 11.3. The van der Waals surface area contributed by atoms with Gasteiger partial charge in [0.2, 0.25) is 5.91 Å². The van der Waals surface area contributed by atoms with Crippen LogP contribution in [-0.2, 0) is 22.4 Å². The molecule has 0 aliphatic carbocycles. The van der Waals surface area contributed by atoms with E-state index in [1.165, 1.54) is 11.3 Å². The minimum absolute atomic E-state index is 0.0869. The predicted octanol–water partition coefficient (Wildman–Crippen LogP) is -0.496. The maximum atomic E-state index is 11.3. The molecule has 1 heterocycles. The fourth-order valence-corrected chi connectivity index (χ4v) is 1.92. The van der Waals surface area contributed by atoms with Gasteiger partial charge in [-0.05, 0) is 6.42 Å². The second-order valence-electron chi connectivity index (χ2n) is 3.31. The van der Waals surface area contributed by atoms with Gasteiger partial charge < -0.3 is 15.2 Å². The summed E-state index contributed by atoms with van der Waals surface area (Å²) < 4.78 is 0. The summed E-state index contributed by atoms with van der Waals surface area (Å²) in [5.41, 5.74) is 0.447. The Balaban J connectivity index is 2.45. The molecule has 0 saturated heterocycles. The van der Waals surface area contributed by atoms with Crippen LogP contribution in [0.3, 0.4) is 0 Å². The lowest BCUT2D eigenvalue weighted by Gasteiger charge is -2.00. The average Bonchev–Trinajstić information content (AvgIpc) is 2.61. The summed E-state index contributed by atoms with van der Waals surface area (Å²) in [6.07, 6.45) is 0.893. The van der Waals surface area contributed by atoms with Crippen LogP contribution in [0.4, 0.5) is 0 Å². The molecule has 5 nitrogen and oxygen atoms in total. The molecular formula is C10H13N2O3S-. The van der Waals surface area contributed by atoms with Gasteiger partial charge in [-0.1, -0.05) is 6.92 Å². The first-order valence-electron chi connectivity index (χ1n) is 5.01. The van der Waals surface area contributed by atoms with Crippen molar-refractivity contribution in [3.05, 3.63) is 16.1 Å². The molecule has 0 radical (unpaired) electrons. The number of carboxylic acid groups (broad SMARTS) is 1. The first kappa shape index (κ1) is 12.6. The van der Waals surface area contributed by atoms with Crippen LogP contribution in [0.5, 0.6) is 0 Å². The second kappa shape index (κ2) is 6.22. The van der Waals surface area contributed by atoms with Gasteiger partial charge in [0.25, 0.3) is 0 Å². The lowest BCUT2D eigenvalue weighted by Crippen LogP contribution is -2.26. The Bertz CT molecular complexity index is 376. The van der Waals surface area contributed by atoms with Crippen molar-refractivity contribution in [2.45, 2.75) is 26.2 Å². The van der Waals surface area contributed by atoms with Gasteiger partial charge >= 0.3 is 0 Å². The normalized spacial score (nSPS) is 10.1. The van der Waals surface area contributed by atoms with Gasteiger partial charge in [-0.2, -0.15) is 0 Å². The van der Waals surface area contributed by atoms with E-state index in [4.69, 9.17) is 0 Å². The SMILES string of the molecule is CCCNC(=O)Cc1nc(CC(=O)[O-])cs1. The molecule has 0 aromatic carbocycles. The Labute approximate surface area is 97.5 Å². The third kappa shape index (κ3) is 4.39. The van der Waals surface area contributed by atoms with Gasteiger partial charge in [0.1, 0.15) is 5.01 Å². The molecule has 1 rings (SSSR count). The molecule has 1 aromatic heterocycles. The Kier molecular flexibility index (Phi) is 4.91. The molecule has 0 unspecified atom stereocenters. The molecule has 6 heteroatoms. The minimum atomic E-state index is -1.16. The molecule has 0 aliphatic heterocycles. The summed E-state index contributed by atoms with van der Waals surface area (Å²) in [5, 5.41) is 15.3. The van der Waals surface area contributed by atoms with Crippen LogP contribution in [0.25, 0.3) is 0 Å². The Morgan fingerprint density at radius 2 is 2.25 bits per heavy atom. The van der Waals surface area contributed by atoms with Crippen LogP contribution in [0, 0.1) is 0 Å². The van der Waals surface area contributed by atoms with Crippen molar-refractivity contribution in [3.63, 3.8) is 0 Å². The van der Waals surface area contributed by atoms with E-state index in [2.05, 4.69) is 10.3 Å². The number of carboxylic acids is 1. The number of rotatable bonds is 6. The van der Waals surface area contributed by atoms with Crippen molar-refractivity contribution in [2.24, 2.45) is 0 Å². The summed E-state index contributed by atoms with van der Waals surface area (Å²) in [7, 11) is 0. The van der Waals surface area contributed by atoms with E-state index in [1.54, 1.807) is 5.38 Å². The number of amides is 1. The zero-order chi connectivity index (χ0) is 12.0. The molecule has 0 fully saturated rings. The van der Waals surface area contributed by atoms with Crippen molar-refractivity contribution in [3.8, 4) is 0 Å². The average molecular weight is 241 g/mol. The molecule has 1 N–H and O–H groups in total. The van der Waals surface area contributed by atoms with Crippen LogP contribution in [0.2, 0.25) is 0 Å². The maximum Gasteiger partial charge on any atom is 0.226 e. The molecule has 0 atom stereocenters. The number of carbonyl (C=O) groups is 2. The van der Waals surface area contributed by atoms with Gasteiger partial charge in [0.05, 0.1) is 12.1 Å². The van der Waals surface area contributed by atoms with E-state index in [-0.39, 0.29) is 18.7 Å². The van der Waals surface area contributed by atoms with E-state index >= 15 is 0 Å². The summed E-state index contributed by atoms with van der Waals surface area (Å²) >= 11 is 1.29. The number of carbonyl (C=O) groups excluding carboxylic acids is 2. The smallest absolute Gasteiger partial charge is 0.226 e. The summed E-state index contributed by atoms with van der Waals surface area (Å²) in [4.78, 5) is 25.7. The van der Waals surface area contributed by atoms with Crippen LogP contribution in [-0.4, -0.2) is 23.4 Å². The summed E-state index contributed by atoms with van der Waals surface area (Å²) in [6, 6.07) is 0. The fraction of sp³-hybridized carbons (Fsp3) is 0.500. The summed E-state index contributed by atoms with van der Waals surface area (Å²) in [6.45, 7) is 2.62. The molecular weight excluding hydrogens is 228 g/mol. The van der Waals surface area contributed by atoms with E-state index in [0.717, 1.165) is 6.42 Å². The highest BCUT2D eigenvalue weighted by molar-refractivity contribution is 7.09. The third-order valence-corrected chi connectivity index (χ3v) is 2.71. The molecule has 88 valence electrons. The minimum Gasteiger partial charge on any atom is -0.550 e. The monoisotopic (exact) mass is 241 g/mol. The van der Waals surface area contributed by atoms with Crippen molar-refractivity contribution in [1.29, 1.82) is 0 Å². The van der Waals surface area contributed by atoms with Crippen LogP contribution in [0.1, 0.15) is 24.0 Å². The largest absolute Gasteiger partial charge is 0.550 e. The van der Waals surface area contributed by atoms with E-state index in [9.17, 15) is 14.7 Å². The Morgan fingerprint density at radius 3 is 2.88 bits per heavy atom. The highest BCUT2D eigenvalue weighted by Gasteiger charge is 2.07. The molecule has 0 aliphatic rings. The Hall–Kier alpha value is -1.43. The second-order valence-corrected chi connectivity index (χ2v) is 4.25. The van der Waals surface area contributed by atoms with Crippen LogP contribution >= 0.6 is 11.3 Å². The van der Waals surface area contributed by atoms with Crippen molar-refractivity contribution in [2.75, 3.05) is 6.54 Å². The van der Waals surface area contributed by atoms with E-state index in [0.29, 0.717) is 17.2 Å². The van der Waals surface area contributed by atoms with Gasteiger partial charge in [-0.3, -0.25) is 4.79 Å². The van der Waals surface area contributed by atoms with E-state index < -0.39 is 5.97 Å². The highest BCUT2D eigenvalue weighted by Crippen LogP contribution is 2.10. The van der Waals surface area contributed by atoms with Gasteiger partial charge in [-0.25, -0.2) is 4.98 Å². The molecule has 0 saturated carbocycles. The van der Waals surface area contributed by atoms with Crippen LogP contribution < -0.4 is 10.4 Å². The number of hydrogen-bond donors (Lipinski definition) is 1. The standard InChI is InChI=1S/C10H14N2O3S/c1-2-3-11-8(13)5-9-12-7(6-16-9)4-10(14)15/h6H,2-5H2,1H3,(H,11,13)(H,14,15)/p-1. The topological polar surface area (TPSA) is 82.1 Å². The number of nitrogens with one attached hydrogen (secondary N) is 1. The quantitative estimate of drug-likeness (QED) is 0.728. The predicted molar refractivity (Wildman–Crippen MR) is 57.8 cm³/mol. The number of nitrogens with zero attached hydrogens (tertiary/aromatic N) is 1. The van der Waals surface area contributed by atoms with E-state index in [1.807, 2.05) is 6.92 Å². The number of hydrogen-bond acceptors (Lipinski definition) is 5. The number of thiazole rings is 1. The molecule has 1 aromatic rings. The zero-order valence-electron chi connectivity index (χ0n) is 8.99. The lowest BCUT2D eigenvalue weighted by atomic mass is 10.3. The van der Waals surface area contributed by atoms with Gasteiger partial charge in [0, 0.05) is 24.3 Å². The third-order valence-electron chi connectivity index (χ3n) is 1.81. The number of aromatic nitrogens is 1. The summed E-state index contributed by atoms with van der Waals surface area (Å²) in [5.74, 6) is -1.25. The highest BCUT2D eigenvalue weighted by atomic mass is 32.1. The van der Waals surface area contributed by atoms with Crippen LogP contribution in [0.15, 0.2) is 5.38 Å². The first-order chi connectivity index (χ1) is 7.61. The lowest BCUT2D eigenvalue weighted by molar-refractivity contribution is -0.304. The van der Waals surface area contributed by atoms with Crippen molar-refractivity contribution < 1.29 is 14.7 Å².